The van der Waals surface area contributed by atoms with E-state index in [-0.39, 0.29) is 0 Å². The topological polar surface area (TPSA) is 60.9 Å². The molecule has 2 heterocycles. The number of hydrogen-bond acceptors (Lipinski definition) is 5. The van der Waals surface area contributed by atoms with Crippen molar-refractivity contribution >= 4 is 29.6 Å². The molecule has 0 spiro atoms. The number of benzene rings is 2. The molecule has 0 unspecified atom stereocenters. The Morgan fingerprint density at radius 1 is 1.04 bits per heavy atom. The third kappa shape index (κ3) is 4.45. The Morgan fingerprint density at radius 2 is 1.85 bits per heavy atom. The molecule has 4 rings (SSSR count). The van der Waals surface area contributed by atoms with E-state index in [4.69, 9.17) is 11.6 Å². The van der Waals surface area contributed by atoms with E-state index >= 15 is 0 Å². The Labute approximate surface area is 165 Å². The minimum Gasteiger partial charge on any atom is -0.306 e. The Morgan fingerprint density at radius 3 is 2.59 bits per heavy atom. The quantitative estimate of drug-likeness (QED) is 0.361. The first-order chi connectivity index (χ1) is 13.3. The molecule has 0 bridgehead atoms. The summed E-state index contributed by atoms with van der Waals surface area (Å²) in [7, 11) is 0. The van der Waals surface area contributed by atoms with E-state index in [1.165, 1.54) is 0 Å². The molecule has 0 fully saturated rings. The number of halogens is 1. The van der Waals surface area contributed by atoms with Gasteiger partial charge < -0.3 is 4.57 Å². The molecule has 0 aliphatic heterocycles. The predicted octanol–water partition coefficient (Wildman–Crippen LogP) is 4.29. The Hall–Kier alpha value is -2.90. The third-order valence-electron chi connectivity index (χ3n) is 3.81. The van der Waals surface area contributed by atoms with E-state index in [1.807, 2.05) is 59.3 Å². The van der Waals surface area contributed by atoms with Crippen LogP contribution in [0.3, 0.4) is 0 Å². The van der Waals surface area contributed by atoms with Crippen LogP contribution in [-0.4, -0.2) is 30.6 Å². The van der Waals surface area contributed by atoms with Crippen LogP contribution in [0.1, 0.15) is 11.1 Å². The van der Waals surface area contributed by atoms with Crippen molar-refractivity contribution < 1.29 is 0 Å². The first kappa shape index (κ1) is 17.5. The van der Waals surface area contributed by atoms with Gasteiger partial charge in [0.05, 0.1) is 12.5 Å². The molecular weight excluding hydrogens is 380 g/mol. The van der Waals surface area contributed by atoms with Gasteiger partial charge in [0.2, 0.25) is 5.16 Å². The minimum atomic E-state index is 0.732. The summed E-state index contributed by atoms with van der Waals surface area (Å²) >= 11 is 7.49. The zero-order chi connectivity index (χ0) is 18.5. The van der Waals surface area contributed by atoms with E-state index in [2.05, 4.69) is 20.3 Å². The molecule has 0 saturated carbocycles. The minimum absolute atomic E-state index is 0.732. The maximum absolute atomic E-state index is 5.92. The monoisotopic (exact) mass is 394 g/mol. The molecule has 0 atom stereocenters. The zero-order valence-electron chi connectivity index (χ0n) is 14.2. The van der Waals surface area contributed by atoms with Crippen molar-refractivity contribution in [1.29, 1.82) is 0 Å². The standard InChI is InChI=1S/C19H15ClN6S/c20-17-5-1-16(2-6-17)12-27-19-24-22-14-26(19)23-11-15-3-7-18(8-4-15)25-10-9-21-13-25/h1-11,13-14H,12H2/b23-11+. The van der Waals surface area contributed by atoms with Gasteiger partial charge in [-0.05, 0) is 35.4 Å². The van der Waals surface area contributed by atoms with E-state index in [1.54, 1.807) is 41.5 Å². The number of aromatic nitrogens is 5. The molecule has 0 amide bonds. The van der Waals surface area contributed by atoms with Crippen molar-refractivity contribution in [3.63, 3.8) is 0 Å². The van der Waals surface area contributed by atoms with Gasteiger partial charge in [-0.1, -0.05) is 47.6 Å². The number of imidazole rings is 1. The lowest BCUT2D eigenvalue weighted by molar-refractivity contribution is 0.767. The number of rotatable bonds is 6. The summed E-state index contributed by atoms with van der Waals surface area (Å²) < 4.78 is 3.62. The van der Waals surface area contributed by atoms with Crippen LogP contribution >= 0.6 is 23.4 Å². The molecular formula is C19H15ClN6S. The SMILES string of the molecule is Clc1ccc(CSc2nncn2/N=C/c2ccc(-n3ccnc3)cc2)cc1. The predicted molar refractivity (Wildman–Crippen MR) is 108 cm³/mol. The van der Waals surface area contributed by atoms with Gasteiger partial charge in [-0.25, -0.2) is 4.98 Å². The molecule has 0 aliphatic carbocycles. The summed E-state index contributed by atoms with van der Waals surface area (Å²) in [4.78, 5) is 4.05. The first-order valence-electron chi connectivity index (χ1n) is 8.18. The number of thioether (sulfide) groups is 1. The normalized spacial score (nSPS) is 11.3. The summed E-state index contributed by atoms with van der Waals surface area (Å²) in [6.45, 7) is 0. The molecule has 2 aromatic heterocycles. The van der Waals surface area contributed by atoms with Crippen LogP contribution in [0.2, 0.25) is 5.02 Å². The maximum Gasteiger partial charge on any atom is 0.212 e. The highest BCUT2D eigenvalue weighted by Crippen LogP contribution is 2.21. The van der Waals surface area contributed by atoms with Crippen LogP contribution in [0.25, 0.3) is 5.69 Å². The maximum atomic E-state index is 5.92. The number of nitrogens with zero attached hydrogens (tertiary/aromatic N) is 6. The van der Waals surface area contributed by atoms with Crippen LogP contribution in [-0.2, 0) is 5.75 Å². The van der Waals surface area contributed by atoms with Gasteiger partial charge in [0.1, 0.15) is 6.33 Å². The van der Waals surface area contributed by atoms with Gasteiger partial charge in [-0.2, -0.15) is 9.78 Å². The average Bonchev–Trinajstić information content (AvgIpc) is 3.38. The smallest absolute Gasteiger partial charge is 0.212 e. The first-order valence-corrected chi connectivity index (χ1v) is 9.54. The highest BCUT2D eigenvalue weighted by atomic mass is 35.5. The van der Waals surface area contributed by atoms with Gasteiger partial charge in [-0.15, -0.1) is 10.2 Å². The summed E-state index contributed by atoms with van der Waals surface area (Å²) in [5, 5.41) is 14.0. The van der Waals surface area contributed by atoms with Crippen molar-refractivity contribution in [1.82, 2.24) is 24.4 Å². The summed E-state index contributed by atoms with van der Waals surface area (Å²) in [5.41, 5.74) is 3.20. The molecule has 6 nitrogen and oxygen atoms in total. The summed E-state index contributed by atoms with van der Waals surface area (Å²) in [6, 6.07) is 15.8. The third-order valence-corrected chi connectivity index (χ3v) is 5.06. The van der Waals surface area contributed by atoms with Crippen molar-refractivity contribution in [2.75, 3.05) is 0 Å². The van der Waals surface area contributed by atoms with E-state index in [9.17, 15) is 0 Å². The van der Waals surface area contributed by atoms with Crippen LogP contribution < -0.4 is 0 Å². The van der Waals surface area contributed by atoms with Crippen molar-refractivity contribution in [2.45, 2.75) is 10.9 Å². The fourth-order valence-corrected chi connectivity index (χ4v) is 3.34. The molecule has 0 aliphatic rings. The van der Waals surface area contributed by atoms with Gasteiger partial charge in [0.15, 0.2) is 0 Å². The van der Waals surface area contributed by atoms with Crippen molar-refractivity contribution in [2.24, 2.45) is 5.10 Å². The second kappa shape index (κ2) is 8.20. The second-order valence-corrected chi connectivity index (χ2v) is 7.06. The van der Waals surface area contributed by atoms with Crippen LogP contribution in [0, 0.1) is 0 Å². The molecule has 0 N–H and O–H groups in total. The lowest BCUT2D eigenvalue weighted by atomic mass is 10.2. The Kier molecular flexibility index (Phi) is 5.32. The molecule has 0 saturated heterocycles. The molecule has 8 heteroatoms. The second-order valence-electron chi connectivity index (χ2n) is 5.68. The van der Waals surface area contributed by atoms with Gasteiger partial charge in [-0.3, -0.25) is 0 Å². The van der Waals surface area contributed by atoms with Crippen LogP contribution in [0.5, 0.6) is 0 Å². The van der Waals surface area contributed by atoms with Crippen LogP contribution in [0.15, 0.2) is 83.8 Å². The largest absolute Gasteiger partial charge is 0.306 e. The van der Waals surface area contributed by atoms with Crippen LogP contribution in [0.4, 0.5) is 0 Å². The highest BCUT2D eigenvalue weighted by Gasteiger charge is 2.05. The van der Waals surface area contributed by atoms with E-state index in [0.29, 0.717) is 0 Å². The average molecular weight is 395 g/mol. The molecule has 4 aromatic rings. The van der Waals surface area contributed by atoms with Crippen molar-refractivity contribution in [3.8, 4) is 5.69 Å². The van der Waals surface area contributed by atoms with Crippen molar-refractivity contribution in [3.05, 3.63) is 89.7 Å². The van der Waals surface area contributed by atoms with Gasteiger partial charge >= 0.3 is 0 Å². The van der Waals surface area contributed by atoms with E-state index < -0.39 is 0 Å². The van der Waals surface area contributed by atoms with E-state index in [0.717, 1.165) is 32.7 Å². The fourth-order valence-electron chi connectivity index (χ4n) is 2.40. The fraction of sp³-hybridized carbons (Fsp3) is 0.0526. The highest BCUT2D eigenvalue weighted by molar-refractivity contribution is 7.98. The molecule has 0 radical (unpaired) electrons. The lowest BCUT2D eigenvalue weighted by Crippen LogP contribution is -1.94. The zero-order valence-corrected chi connectivity index (χ0v) is 15.8. The Bertz CT molecular complexity index is 1020. The lowest BCUT2D eigenvalue weighted by Gasteiger charge is -2.03. The molecule has 2 aromatic carbocycles. The Balaban J connectivity index is 1.42. The number of hydrogen-bond donors (Lipinski definition) is 0. The summed E-state index contributed by atoms with van der Waals surface area (Å²) in [6.07, 6.45) is 8.81. The van der Waals surface area contributed by atoms with Gasteiger partial charge in [0, 0.05) is 28.9 Å². The summed E-state index contributed by atoms with van der Waals surface area (Å²) in [5.74, 6) is 0.769. The molecule has 27 heavy (non-hydrogen) atoms. The van der Waals surface area contributed by atoms with Gasteiger partial charge in [0.25, 0.3) is 0 Å². The molecule has 134 valence electrons.